The van der Waals surface area contributed by atoms with Gasteiger partial charge in [0, 0.05) is 68.0 Å². The minimum Gasteiger partial charge on any atom is -0.321 e. The zero-order valence-electron chi connectivity index (χ0n) is 45.1. The van der Waals surface area contributed by atoms with E-state index in [-0.39, 0.29) is 90.7 Å². The molecule has 0 unspecified atom stereocenters. The van der Waals surface area contributed by atoms with Gasteiger partial charge in [0.25, 0.3) is 64.1 Å². The monoisotopic (exact) mass is 1200 g/mol. The summed E-state index contributed by atoms with van der Waals surface area (Å²) < 4.78 is 139. The molecule has 4 amide bonds. The number of hydrogen-bond acceptors (Lipinski definition) is 13. The van der Waals surface area contributed by atoms with E-state index in [1.165, 1.54) is 43.3 Å². The number of amides is 4. The number of carbonyl (C=O) groups is 5. The Morgan fingerprint density at radius 2 is 0.783 bits per heavy atom. The number of anilines is 4. The van der Waals surface area contributed by atoms with E-state index in [2.05, 4.69) is 21.3 Å². The van der Waals surface area contributed by atoms with Gasteiger partial charge in [-0.2, -0.15) is 33.7 Å². The molecule has 0 saturated carbocycles. The Bertz CT molecular complexity index is 4640. The topological polar surface area (TPSA) is 351 Å². The first kappa shape index (κ1) is 60.6. The van der Waals surface area contributed by atoms with Crippen LogP contribution in [0.1, 0.15) is 91.5 Å². The molecule has 0 aliphatic rings. The van der Waals surface area contributed by atoms with Gasteiger partial charge >= 0.3 is 0 Å². The van der Waals surface area contributed by atoms with Crippen LogP contribution in [-0.2, 0) is 58.1 Å². The fourth-order valence-electron chi connectivity index (χ4n) is 10.3. The zero-order chi connectivity index (χ0) is 61.0. The van der Waals surface area contributed by atoms with Gasteiger partial charge < -0.3 is 21.3 Å². The van der Waals surface area contributed by atoms with Crippen molar-refractivity contribution in [2.24, 2.45) is 0 Å². The number of hydrogen-bond donors (Lipinski definition) is 8. The van der Waals surface area contributed by atoms with Gasteiger partial charge in [-0.25, -0.2) is 0 Å². The van der Waals surface area contributed by atoms with Crippen molar-refractivity contribution in [3.05, 3.63) is 188 Å². The van der Waals surface area contributed by atoms with E-state index < -0.39 is 83.7 Å². The molecule has 83 heavy (non-hydrogen) atoms. The number of nitrogens with one attached hydrogen (secondary N) is 4. The molecule has 8 aromatic rings. The van der Waals surface area contributed by atoms with Crippen LogP contribution in [0, 0.1) is 48.5 Å². The summed E-state index contributed by atoms with van der Waals surface area (Å²) in [6, 6.07) is 25.7. The van der Waals surface area contributed by atoms with Gasteiger partial charge in [0.1, 0.15) is 25.4 Å². The number of benzene rings is 8. The predicted octanol–water partition coefficient (Wildman–Crippen LogP) is 9.50. The molecule has 25 heteroatoms. The van der Waals surface area contributed by atoms with Crippen LogP contribution in [-0.4, -0.2) is 81.3 Å². The average molecular weight is 1210 g/mol. The molecule has 21 nitrogen and oxygen atoms in total. The van der Waals surface area contributed by atoms with Crippen LogP contribution in [0.3, 0.4) is 0 Å². The molecule has 0 spiro atoms. The van der Waals surface area contributed by atoms with Gasteiger partial charge in [-0.05, 0) is 165 Å². The smallest absolute Gasteiger partial charge is 0.295 e. The number of rotatable bonds is 16. The Morgan fingerprint density at radius 3 is 1.20 bits per heavy atom. The second-order valence-electron chi connectivity index (χ2n) is 19.9. The van der Waals surface area contributed by atoms with Crippen LogP contribution in [0.2, 0.25) is 0 Å². The van der Waals surface area contributed by atoms with E-state index in [9.17, 15) is 75.9 Å². The van der Waals surface area contributed by atoms with E-state index in [4.69, 9.17) is 0 Å². The summed E-state index contributed by atoms with van der Waals surface area (Å²) in [5.74, 6) is -3.04. The molecular formula is C58H52N4O17S4. The molecule has 0 radical (unpaired) electrons. The quantitative estimate of drug-likeness (QED) is 0.0417. The molecule has 0 saturated heterocycles. The van der Waals surface area contributed by atoms with E-state index in [0.717, 1.165) is 42.5 Å². The van der Waals surface area contributed by atoms with Crippen molar-refractivity contribution in [1.82, 2.24) is 0 Å². The fraction of sp³-hybridized carbons (Fsp3) is 0.155. The number of Topliss-reactive ketones (excluding diaryl/α,β-unsaturated/α-hetero) is 1. The Balaban J connectivity index is 0.967. The summed E-state index contributed by atoms with van der Waals surface area (Å²) in [5.41, 5.74) is 4.38. The third-order valence-corrected chi connectivity index (χ3v) is 17.4. The average Bonchev–Trinajstić information content (AvgIpc) is 2.61. The van der Waals surface area contributed by atoms with Crippen LogP contribution in [0.25, 0.3) is 21.5 Å². The lowest BCUT2D eigenvalue weighted by Gasteiger charge is -2.19. The molecular weight excluding hydrogens is 1150 g/mol. The Hall–Kier alpha value is -8.53. The standard InChI is InChI=1S/C58H52N4O17S4/c1-29-21-42-46(81(71,72)73)20-18-44(52(42)48(22-29)83(77,78)79)60-58(67)50-31(3)24-33(5)54(35(50)7)62-56(65)39-14-9-12-37(26-39)28-40(63)27-36-11-8-13-38(25-36)55(64)61-53-32(4)23-30(2)49(34(53)6)57(66)59-43-17-19-45(80(68,69)70)41-15-10-16-47(51(41)43)82(74,75)76/h8-26H,27-28H2,1-7H3,(H,59,66)(H,60,67)(H,61,64)(H,62,65)(H,68,69,70)(H,71,72,73)(H,74,75,76)(H,77,78,79). The van der Waals surface area contributed by atoms with Crippen molar-refractivity contribution in [3.8, 4) is 0 Å². The highest BCUT2D eigenvalue weighted by molar-refractivity contribution is 7.87. The van der Waals surface area contributed by atoms with Gasteiger partial charge in [0.2, 0.25) is 0 Å². The molecule has 0 aromatic heterocycles. The first-order valence-electron chi connectivity index (χ1n) is 24.8. The molecule has 0 aliphatic carbocycles. The van der Waals surface area contributed by atoms with Gasteiger partial charge in [-0.1, -0.05) is 48.5 Å². The van der Waals surface area contributed by atoms with E-state index in [0.29, 0.717) is 44.5 Å². The van der Waals surface area contributed by atoms with Crippen molar-refractivity contribution in [2.45, 2.75) is 80.9 Å². The summed E-state index contributed by atoms with van der Waals surface area (Å²) in [6.45, 7) is 11.3. The highest BCUT2D eigenvalue weighted by Crippen LogP contribution is 2.39. The lowest BCUT2D eigenvalue weighted by molar-refractivity contribution is -0.117. The maximum Gasteiger partial charge on any atom is 0.295 e. The van der Waals surface area contributed by atoms with Crippen molar-refractivity contribution in [2.75, 3.05) is 21.3 Å². The Kier molecular flexibility index (Phi) is 16.5. The third-order valence-electron chi connectivity index (χ3n) is 13.8. The number of fused-ring (bicyclic) bond motifs is 2. The van der Waals surface area contributed by atoms with Gasteiger partial charge in [0.05, 0.1) is 11.4 Å². The molecule has 0 fully saturated rings. The lowest BCUT2D eigenvalue weighted by atomic mass is 9.95. The fourth-order valence-corrected chi connectivity index (χ4v) is 13.2. The molecule has 0 atom stereocenters. The molecule has 430 valence electrons. The van der Waals surface area contributed by atoms with Gasteiger partial charge in [-0.15, -0.1) is 0 Å². The van der Waals surface area contributed by atoms with Crippen LogP contribution in [0.15, 0.2) is 135 Å². The van der Waals surface area contributed by atoms with Gasteiger partial charge in [-0.3, -0.25) is 42.2 Å². The predicted molar refractivity (Wildman–Crippen MR) is 310 cm³/mol. The number of ketones is 1. The first-order chi connectivity index (χ1) is 38.6. The normalized spacial score (nSPS) is 12.0. The third kappa shape index (κ3) is 12.8. The summed E-state index contributed by atoms with van der Waals surface area (Å²) in [4.78, 5) is 66.8. The van der Waals surface area contributed by atoms with E-state index >= 15 is 0 Å². The molecule has 8 aromatic carbocycles. The second kappa shape index (κ2) is 22.7. The van der Waals surface area contributed by atoms with Crippen molar-refractivity contribution in [3.63, 3.8) is 0 Å². The summed E-state index contributed by atoms with van der Waals surface area (Å²) in [7, 11) is -19.8. The van der Waals surface area contributed by atoms with E-state index in [1.807, 2.05) is 0 Å². The van der Waals surface area contributed by atoms with Gasteiger partial charge in [0.15, 0.2) is 0 Å². The maximum atomic E-state index is 14.1. The minimum absolute atomic E-state index is 0.0674. The van der Waals surface area contributed by atoms with Crippen molar-refractivity contribution >= 4 is 114 Å². The van der Waals surface area contributed by atoms with Crippen LogP contribution >= 0.6 is 0 Å². The molecule has 8 rings (SSSR count). The van der Waals surface area contributed by atoms with Crippen LogP contribution < -0.4 is 21.3 Å². The first-order valence-corrected chi connectivity index (χ1v) is 30.6. The summed E-state index contributed by atoms with van der Waals surface area (Å²) in [5, 5.41) is 9.56. The second-order valence-corrected chi connectivity index (χ2v) is 25.4. The van der Waals surface area contributed by atoms with Crippen molar-refractivity contribution < 1.29 is 75.9 Å². The largest absolute Gasteiger partial charge is 0.321 e. The summed E-state index contributed by atoms with van der Waals surface area (Å²) >= 11 is 0. The van der Waals surface area contributed by atoms with E-state index in [1.54, 1.807) is 77.9 Å². The SMILES string of the molecule is Cc1cc(S(=O)(=O)O)c2c(NC(=O)c3c(C)cc(C)c(NC(=O)c4cccc(CC(=O)Cc5cccc(C(=O)Nc6c(C)cc(C)c(C(=O)Nc7ccc(S(=O)(=O)O)c8cccc(S(=O)(=O)O)c78)c6C)c5)c4)c3C)ccc(S(=O)(=O)O)c2c1. The number of aryl methyl sites for hydroxylation is 5. The molecule has 0 aliphatic heterocycles. The highest BCUT2D eigenvalue weighted by atomic mass is 32.2. The Morgan fingerprint density at radius 1 is 0.386 bits per heavy atom. The molecule has 8 N–H and O–H groups in total. The highest BCUT2D eigenvalue weighted by Gasteiger charge is 2.28. The van der Waals surface area contributed by atoms with Crippen molar-refractivity contribution in [1.29, 1.82) is 0 Å². The zero-order valence-corrected chi connectivity index (χ0v) is 48.4. The van der Waals surface area contributed by atoms with Crippen LogP contribution in [0.5, 0.6) is 0 Å². The molecule has 0 heterocycles. The minimum atomic E-state index is -5.01. The Labute approximate surface area is 477 Å². The maximum absolute atomic E-state index is 14.1. The van der Waals surface area contributed by atoms with Crippen LogP contribution in [0.4, 0.5) is 22.7 Å². The summed E-state index contributed by atoms with van der Waals surface area (Å²) in [6.07, 6.45) is -0.235. The lowest BCUT2D eigenvalue weighted by Crippen LogP contribution is -2.20. The number of carbonyl (C=O) groups excluding carboxylic acids is 5. The molecule has 0 bridgehead atoms.